The third-order valence-corrected chi connectivity index (χ3v) is 2.68. The maximum atomic E-state index is 12.2. The van der Waals surface area contributed by atoms with Gasteiger partial charge in [-0.25, -0.2) is 8.78 Å². The normalized spacial score (nSPS) is 10.7. The number of rotatable bonds is 1. The van der Waals surface area contributed by atoms with Gasteiger partial charge in [-0.2, -0.15) is 0 Å². The van der Waals surface area contributed by atoms with Crippen molar-refractivity contribution in [2.45, 2.75) is 6.43 Å². The lowest BCUT2D eigenvalue weighted by molar-refractivity contribution is 0.150. The summed E-state index contributed by atoms with van der Waals surface area (Å²) in [5, 5.41) is 0. The zero-order valence-electron chi connectivity index (χ0n) is 6.02. The van der Waals surface area contributed by atoms with Crippen molar-refractivity contribution in [3.63, 3.8) is 0 Å². The van der Waals surface area contributed by atoms with E-state index in [1.807, 2.05) is 0 Å². The molecule has 0 saturated carbocycles. The molecule has 1 rings (SSSR count). The molecular formula is C7H7F2IN2. The Morgan fingerprint density at radius 2 is 1.83 bits per heavy atom. The third kappa shape index (κ3) is 1.60. The van der Waals surface area contributed by atoms with Crippen LogP contribution in [-0.2, 0) is 0 Å². The minimum Gasteiger partial charge on any atom is -0.397 e. The minimum atomic E-state index is -2.50. The molecule has 0 aliphatic rings. The highest BCUT2D eigenvalue weighted by Crippen LogP contribution is 2.31. The van der Waals surface area contributed by atoms with Gasteiger partial charge in [0.2, 0.25) is 0 Å². The van der Waals surface area contributed by atoms with Crippen LogP contribution in [0.1, 0.15) is 12.0 Å². The summed E-state index contributed by atoms with van der Waals surface area (Å²) in [6.45, 7) is 0. The van der Waals surface area contributed by atoms with E-state index in [1.165, 1.54) is 12.1 Å². The zero-order chi connectivity index (χ0) is 9.30. The number of hydrogen-bond acceptors (Lipinski definition) is 2. The summed E-state index contributed by atoms with van der Waals surface area (Å²) in [5.74, 6) is 0. The first-order valence-electron chi connectivity index (χ1n) is 3.15. The first kappa shape index (κ1) is 9.50. The maximum Gasteiger partial charge on any atom is 0.264 e. The summed E-state index contributed by atoms with van der Waals surface area (Å²) in [7, 11) is 0. The SMILES string of the molecule is Nc1ccc(C(F)F)c(I)c1N. The second kappa shape index (κ2) is 3.42. The molecule has 1 aromatic carbocycles. The van der Waals surface area contributed by atoms with Gasteiger partial charge in [-0.3, -0.25) is 0 Å². The topological polar surface area (TPSA) is 52.0 Å². The van der Waals surface area contributed by atoms with E-state index in [0.29, 0.717) is 9.26 Å². The summed E-state index contributed by atoms with van der Waals surface area (Å²) in [4.78, 5) is 0. The number of nitrogen functional groups attached to an aromatic ring is 2. The van der Waals surface area contributed by atoms with E-state index in [2.05, 4.69) is 0 Å². The molecule has 66 valence electrons. The van der Waals surface area contributed by atoms with E-state index < -0.39 is 6.43 Å². The Hall–Kier alpha value is -0.590. The van der Waals surface area contributed by atoms with Crippen LogP contribution in [0.15, 0.2) is 12.1 Å². The van der Waals surface area contributed by atoms with Crippen LogP contribution in [0, 0.1) is 3.57 Å². The minimum absolute atomic E-state index is 0.0673. The van der Waals surface area contributed by atoms with Gasteiger partial charge in [0, 0.05) is 9.13 Å². The van der Waals surface area contributed by atoms with Gasteiger partial charge in [0.1, 0.15) is 0 Å². The van der Waals surface area contributed by atoms with Crippen LogP contribution in [0.5, 0.6) is 0 Å². The molecule has 0 heterocycles. The first-order valence-corrected chi connectivity index (χ1v) is 4.23. The molecule has 1 aromatic rings. The lowest BCUT2D eigenvalue weighted by Gasteiger charge is -2.07. The molecule has 0 saturated heterocycles. The Labute approximate surface area is 82.1 Å². The van der Waals surface area contributed by atoms with E-state index in [0.717, 1.165) is 0 Å². The van der Waals surface area contributed by atoms with Crippen molar-refractivity contribution in [2.75, 3.05) is 11.5 Å². The molecule has 0 fully saturated rings. The number of halogens is 3. The van der Waals surface area contributed by atoms with Crippen LogP contribution < -0.4 is 11.5 Å². The first-order chi connectivity index (χ1) is 5.54. The summed E-state index contributed by atoms with van der Waals surface area (Å²) >= 11 is 1.76. The lowest BCUT2D eigenvalue weighted by atomic mass is 10.2. The Balaban J connectivity index is 3.27. The van der Waals surface area contributed by atoms with Crippen molar-refractivity contribution in [3.8, 4) is 0 Å². The molecule has 0 atom stereocenters. The summed E-state index contributed by atoms with van der Waals surface area (Å²) in [6, 6.07) is 2.68. The predicted octanol–water partition coefficient (Wildman–Crippen LogP) is 2.39. The molecule has 4 N–H and O–H groups in total. The maximum absolute atomic E-state index is 12.2. The fourth-order valence-electron chi connectivity index (χ4n) is 0.793. The molecule has 0 unspecified atom stereocenters. The van der Waals surface area contributed by atoms with Gasteiger partial charge in [0.15, 0.2) is 0 Å². The van der Waals surface area contributed by atoms with Crippen molar-refractivity contribution in [1.82, 2.24) is 0 Å². The molecule has 0 aliphatic carbocycles. The predicted molar refractivity (Wildman–Crippen MR) is 52.9 cm³/mol. The largest absolute Gasteiger partial charge is 0.397 e. The highest BCUT2D eigenvalue weighted by atomic mass is 127. The molecule has 0 aliphatic heterocycles. The molecule has 0 spiro atoms. The standard InChI is InChI=1S/C7H7F2IN2/c8-7(9)3-1-2-4(11)6(12)5(3)10/h1-2,7H,11-12H2. The molecule has 12 heavy (non-hydrogen) atoms. The fourth-order valence-corrected chi connectivity index (χ4v) is 1.52. The quantitative estimate of drug-likeness (QED) is 0.614. The molecule has 0 radical (unpaired) electrons. The molecule has 0 aromatic heterocycles. The average molecular weight is 284 g/mol. The second-order valence-electron chi connectivity index (χ2n) is 2.27. The van der Waals surface area contributed by atoms with Gasteiger partial charge < -0.3 is 11.5 Å². The van der Waals surface area contributed by atoms with Crippen molar-refractivity contribution < 1.29 is 8.78 Å². The van der Waals surface area contributed by atoms with Crippen LogP contribution in [0.4, 0.5) is 20.2 Å². The number of nitrogens with two attached hydrogens (primary N) is 2. The Bertz CT molecular complexity index is 302. The van der Waals surface area contributed by atoms with Gasteiger partial charge in [0.05, 0.1) is 11.4 Å². The highest BCUT2D eigenvalue weighted by molar-refractivity contribution is 14.1. The van der Waals surface area contributed by atoms with Crippen LogP contribution in [0.2, 0.25) is 0 Å². The molecule has 5 heteroatoms. The van der Waals surface area contributed by atoms with Crippen molar-refractivity contribution in [3.05, 3.63) is 21.3 Å². The van der Waals surface area contributed by atoms with Gasteiger partial charge in [-0.1, -0.05) is 6.07 Å². The van der Waals surface area contributed by atoms with Gasteiger partial charge in [-0.05, 0) is 28.7 Å². The van der Waals surface area contributed by atoms with E-state index in [-0.39, 0.29) is 11.3 Å². The Morgan fingerprint density at radius 1 is 1.25 bits per heavy atom. The van der Waals surface area contributed by atoms with Crippen LogP contribution in [0.3, 0.4) is 0 Å². The van der Waals surface area contributed by atoms with E-state index in [9.17, 15) is 8.78 Å². The molecular weight excluding hydrogens is 277 g/mol. The van der Waals surface area contributed by atoms with Crippen LogP contribution in [0.25, 0.3) is 0 Å². The van der Waals surface area contributed by atoms with E-state index in [1.54, 1.807) is 22.6 Å². The third-order valence-electron chi connectivity index (χ3n) is 1.48. The van der Waals surface area contributed by atoms with Gasteiger partial charge >= 0.3 is 0 Å². The number of benzene rings is 1. The zero-order valence-corrected chi connectivity index (χ0v) is 8.18. The van der Waals surface area contributed by atoms with E-state index in [4.69, 9.17) is 11.5 Å². The number of anilines is 2. The Morgan fingerprint density at radius 3 is 2.33 bits per heavy atom. The fraction of sp³-hybridized carbons (Fsp3) is 0.143. The van der Waals surface area contributed by atoms with Gasteiger partial charge in [0.25, 0.3) is 6.43 Å². The number of alkyl halides is 2. The summed E-state index contributed by atoms with van der Waals surface area (Å²) in [5.41, 5.74) is 11.4. The van der Waals surface area contributed by atoms with Crippen LogP contribution in [-0.4, -0.2) is 0 Å². The Kier molecular flexibility index (Phi) is 2.71. The monoisotopic (exact) mass is 284 g/mol. The smallest absolute Gasteiger partial charge is 0.264 e. The highest BCUT2D eigenvalue weighted by Gasteiger charge is 2.14. The van der Waals surface area contributed by atoms with Crippen molar-refractivity contribution in [2.24, 2.45) is 0 Å². The van der Waals surface area contributed by atoms with Crippen LogP contribution >= 0.6 is 22.6 Å². The second-order valence-corrected chi connectivity index (χ2v) is 3.35. The summed E-state index contributed by atoms with van der Waals surface area (Å²) in [6.07, 6.45) is -2.50. The average Bonchev–Trinajstić information content (AvgIpc) is 2.00. The summed E-state index contributed by atoms with van der Waals surface area (Å²) < 4.78 is 24.8. The van der Waals surface area contributed by atoms with Gasteiger partial charge in [-0.15, -0.1) is 0 Å². The lowest BCUT2D eigenvalue weighted by Crippen LogP contribution is -2.00. The van der Waals surface area contributed by atoms with Crippen molar-refractivity contribution >= 4 is 34.0 Å². The van der Waals surface area contributed by atoms with E-state index >= 15 is 0 Å². The molecule has 2 nitrogen and oxygen atoms in total. The van der Waals surface area contributed by atoms with Crippen molar-refractivity contribution in [1.29, 1.82) is 0 Å². The number of hydrogen-bond donors (Lipinski definition) is 2. The molecule has 0 bridgehead atoms. The molecule has 0 amide bonds.